The molecule has 0 aromatic heterocycles. The predicted octanol–water partition coefficient (Wildman–Crippen LogP) is 2.46. The molecule has 3 N–H and O–H groups in total. The Labute approximate surface area is 119 Å². The van der Waals surface area contributed by atoms with Crippen LogP contribution in [0.25, 0.3) is 0 Å². The molecule has 0 spiro atoms. The quantitative estimate of drug-likeness (QED) is 0.876. The topological polar surface area (TPSA) is 58.4 Å². The lowest BCUT2D eigenvalue weighted by Crippen LogP contribution is -2.16. The smallest absolute Gasteiger partial charge is 0.249 e. The van der Waals surface area contributed by atoms with Crippen molar-refractivity contribution in [3.05, 3.63) is 59.7 Å². The van der Waals surface area contributed by atoms with E-state index in [1.807, 2.05) is 61.5 Å². The minimum Gasteiger partial charge on any atom is -0.379 e. The normalized spacial score (nSPS) is 10.1. The molecule has 0 saturated heterocycles. The second-order valence-electron chi connectivity index (χ2n) is 4.79. The Bertz CT molecular complexity index is 608. The third-order valence-corrected chi connectivity index (χ3v) is 3.14. The minimum absolute atomic E-state index is 0.400. The Kier molecular flexibility index (Phi) is 4.25. The molecule has 0 atom stereocenters. The third kappa shape index (κ3) is 3.09. The Morgan fingerprint density at radius 2 is 1.75 bits per heavy atom. The van der Waals surface area contributed by atoms with Gasteiger partial charge in [0.2, 0.25) is 5.91 Å². The van der Waals surface area contributed by atoms with E-state index in [1.165, 1.54) is 0 Å². The molecule has 4 nitrogen and oxygen atoms in total. The van der Waals surface area contributed by atoms with Crippen molar-refractivity contribution in [3.8, 4) is 0 Å². The van der Waals surface area contributed by atoms with E-state index in [0.29, 0.717) is 12.1 Å². The Hall–Kier alpha value is -2.49. The number of primary amides is 1. The number of anilines is 2. The number of nitrogens with two attached hydrogens (primary N) is 1. The predicted molar refractivity (Wildman–Crippen MR) is 83.1 cm³/mol. The van der Waals surface area contributed by atoms with Crippen molar-refractivity contribution in [2.45, 2.75) is 6.54 Å². The summed E-state index contributed by atoms with van der Waals surface area (Å²) in [6, 6.07) is 15.4. The van der Waals surface area contributed by atoms with E-state index in [4.69, 9.17) is 5.73 Å². The van der Waals surface area contributed by atoms with Gasteiger partial charge >= 0.3 is 0 Å². The van der Waals surface area contributed by atoms with Crippen molar-refractivity contribution in [2.75, 3.05) is 24.3 Å². The highest BCUT2D eigenvalue weighted by Crippen LogP contribution is 2.24. The Morgan fingerprint density at radius 1 is 1.10 bits per heavy atom. The third-order valence-electron chi connectivity index (χ3n) is 3.14. The monoisotopic (exact) mass is 269 g/mol. The number of carbonyl (C=O) groups excluding carboxylic acids is 1. The van der Waals surface area contributed by atoms with Gasteiger partial charge in [-0.05, 0) is 23.8 Å². The first-order valence-corrected chi connectivity index (χ1v) is 6.47. The maximum Gasteiger partial charge on any atom is 0.249 e. The number of para-hydroxylation sites is 2. The highest BCUT2D eigenvalue weighted by atomic mass is 16.1. The van der Waals surface area contributed by atoms with E-state index < -0.39 is 5.91 Å². The van der Waals surface area contributed by atoms with Gasteiger partial charge in [0.15, 0.2) is 0 Å². The van der Waals surface area contributed by atoms with Crippen LogP contribution in [0.5, 0.6) is 0 Å². The molecule has 20 heavy (non-hydrogen) atoms. The van der Waals surface area contributed by atoms with E-state index in [-0.39, 0.29) is 0 Å². The molecule has 0 aliphatic rings. The number of carbonyl (C=O) groups is 1. The fourth-order valence-corrected chi connectivity index (χ4v) is 2.12. The molecule has 4 heteroatoms. The van der Waals surface area contributed by atoms with Gasteiger partial charge in [0, 0.05) is 26.2 Å². The Morgan fingerprint density at radius 3 is 2.45 bits per heavy atom. The van der Waals surface area contributed by atoms with Crippen LogP contribution in [0.15, 0.2) is 48.5 Å². The number of benzene rings is 2. The summed E-state index contributed by atoms with van der Waals surface area (Å²) in [6.45, 7) is 0.559. The highest BCUT2D eigenvalue weighted by molar-refractivity contribution is 5.94. The molecule has 0 aliphatic heterocycles. The van der Waals surface area contributed by atoms with Crippen LogP contribution in [0.1, 0.15) is 15.9 Å². The van der Waals surface area contributed by atoms with Crippen molar-refractivity contribution in [1.82, 2.24) is 0 Å². The minimum atomic E-state index is -0.400. The SMILES string of the molecule is CN(C)c1ccccc1NCc1ccccc1C(N)=O. The zero-order valence-corrected chi connectivity index (χ0v) is 11.8. The second kappa shape index (κ2) is 6.10. The molecule has 0 heterocycles. The van der Waals surface area contributed by atoms with Crippen LogP contribution in [0.3, 0.4) is 0 Å². The van der Waals surface area contributed by atoms with Crippen LogP contribution >= 0.6 is 0 Å². The summed E-state index contributed by atoms with van der Waals surface area (Å²) < 4.78 is 0. The summed E-state index contributed by atoms with van der Waals surface area (Å²) in [6.07, 6.45) is 0. The standard InChI is InChI=1S/C16H19N3O/c1-19(2)15-10-6-5-9-14(15)18-11-12-7-3-4-8-13(12)16(17)20/h3-10,18H,11H2,1-2H3,(H2,17,20). The summed E-state index contributed by atoms with van der Waals surface area (Å²) in [7, 11) is 4.00. The number of hydrogen-bond acceptors (Lipinski definition) is 3. The molecular weight excluding hydrogens is 250 g/mol. The molecule has 2 aromatic carbocycles. The zero-order chi connectivity index (χ0) is 14.5. The number of nitrogens with zero attached hydrogens (tertiary/aromatic N) is 1. The summed E-state index contributed by atoms with van der Waals surface area (Å²) in [5.41, 5.74) is 8.97. The molecule has 2 aromatic rings. The van der Waals surface area contributed by atoms with Gasteiger partial charge in [-0.3, -0.25) is 4.79 Å². The first-order chi connectivity index (χ1) is 9.59. The van der Waals surface area contributed by atoms with Gasteiger partial charge in [-0.25, -0.2) is 0 Å². The average molecular weight is 269 g/mol. The molecule has 0 bridgehead atoms. The van der Waals surface area contributed by atoms with Gasteiger partial charge in [0.1, 0.15) is 0 Å². The fraction of sp³-hybridized carbons (Fsp3) is 0.188. The van der Waals surface area contributed by atoms with E-state index >= 15 is 0 Å². The van der Waals surface area contributed by atoms with Crippen LogP contribution in [0.2, 0.25) is 0 Å². The van der Waals surface area contributed by atoms with Crippen molar-refractivity contribution in [2.24, 2.45) is 5.73 Å². The van der Waals surface area contributed by atoms with Gasteiger partial charge in [0.05, 0.1) is 11.4 Å². The molecule has 0 saturated carbocycles. The number of nitrogens with one attached hydrogen (secondary N) is 1. The number of hydrogen-bond donors (Lipinski definition) is 2. The lowest BCUT2D eigenvalue weighted by molar-refractivity contribution is 0.0999. The fourth-order valence-electron chi connectivity index (χ4n) is 2.12. The molecule has 1 amide bonds. The molecule has 0 fully saturated rings. The maximum atomic E-state index is 11.4. The number of amides is 1. The van der Waals surface area contributed by atoms with Gasteiger partial charge in [-0.1, -0.05) is 30.3 Å². The van der Waals surface area contributed by atoms with Gasteiger partial charge in [-0.2, -0.15) is 0 Å². The van der Waals surface area contributed by atoms with E-state index in [9.17, 15) is 4.79 Å². The van der Waals surface area contributed by atoms with Crippen LogP contribution in [0, 0.1) is 0 Å². The van der Waals surface area contributed by atoms with Crippen molar-refractivity contribution in [3.63, 3.8) is 0 Å². The number of rotatable bonds is 5. The molecule has 104 valence electrons. The van der Waals surface area contributed by atoms with E-state index in [2.05, 4.69) is 5.32 Å². The van der Waals surface area contributed by atoms with Crippen molar-refractivity contribution >= 4 is 17.3 Å². The molecule has 2 rings (SSSR count). The summed E-state index contributed by atoms with van der Waals surface area (Å²) in [4.78, 5) is 13.4. The van der Waals surface area contributed by atoms with E-state index in [1.54, 1.807) is 6.07 Å². The lowest BCUT2D eigenvalue weighted by Gasteiger charge is -2.18. The first kappa shape index (κ1) is 13.9. The van der Waals surface area contributed by atoms with Crippen LogP contribution in [-0.4, -0.2) is 20.0 Å². The largest absolute Gasteiger partial charge is 0.379 e. The lowest BCUT2D eigenvalue weighted by atomic mass is 10.1. The molecule has 0 radical (unpaired) electrons. The van der Waals surface area contributed by atoms with Gasteiger partial charge in [0.25, 0.3) is 0 Å². The highest BCUT2D eigenvalue weighted by Gasteiger charge is 2.08. The summed E-state index contributed by atoms with van der Waals surface area (Å²) in [5, 5.41) is 3.36. The second-order valence-corrected chi connectivity index (χ2v) is 4.79. The summed E-state index contributed by atoms with van der Waals surface area (Å²) in [5.74, 6) is -0.400. The molecule has 0 aliphatic carbocycles. The van der Waals surface area contributed by atoms with Crippen LogP contribution in [-0.2, 0) is 6.54 Å². The van der Waals surface area contributed by atoms with Crippen LogP contribution in [0.4, 0.5) is 11.4 Å². The van der Waals surface area contributed by atoms with Crippen LogP contribution < -0.4 is 16.0 Å². The van der Waals surface area contributed by atoms with Crippen molar-refractivity contribution in [1.29, 1.82) is 0 Å². The molecule has 0 unspecified atom stereocenters. The van der Waals surface area contributed by atoms with Gasteiger partial charge < -0.3 is 16.0 Å². The first-order valence-electron chi connectivity index (χ1n) is 6.47. The Balaban J connectivity index is 2.20. The molecular formula is C16H19N3O. The van der Waals surface area contributed by atoms with E-state index in [0.717, 1.165) is 16.9 Å². The van der Waals surface area contributed by atoms with Gasteiger partial charge in [-0.15, -0.1) is 0 Å². The summed E-state index contributed by atoms with van der Waals surface area (Å²) >= 11 is 0. The average Bonchev–Trinajstić information content (AvgIpc) is 2.45. The zero-order valence-electron chi connectivity index (χ0n) is 11.8. The maximum absolute atomic E-state index is 11.4. The van der Waals surface area contributed by atoms with Crippen molar-refractivity contribution < 1.29 is 4.79 Å².